The lowest BCUT2D eigenvalue weighted by molar-refractivity contribution is 0.331. The molecular formula is C14H20N2O. The van der Waals surface area contributed by atoms with Crippen molar-refractivity contribution in [3.63, 3.8) is 0 Å². The minimum atomic E-state index is 0.385. The molecule has 0 aromatic heterocycles. The third-order valence-corrected chi connectivity index (χ3v) is 4.00. The molecule has 1 aliphatic carbocycles. The maximum atomic E-state index is 9.83. The molecule has 0 amide bonds. The van der Waals surface area contributed by atoms with Gasteiger partial charge in [-0.15, -0.1) is 0 Å². The summed E-state index contributed by atoms with van der Waals surface area (Å²) in [7, 11) is 0. The molecule has 1 aromatic rings. The van der Waals surface area contributed by atoms with E-state index in [0.717, 1.165) is 31.1 Å². The number of hydrogen-bond acceptors (Lipinski definition) is 3. The zero-order valence-electron chi connectivity index (χ0n) is 10.1. The Morgan fingerprint density at radius 2 is 2.18 bits per heavy atom. The van der Waals surface area contributed by atoms with Crippen molar-refractivity contribution in [1.29, 1.82) is 0 Å². The van der Waals surface area contributed by atoms with Gasteiger partial charge in [0, 0.05) is 18.6 Å². The van der Waals surface area contributed by atoms with Gasteiger partial charge in [0.1, 0.15) is 5.75 Å². The van der Waals surface area contributed by atoms with Gasteiger partial charge in [-0.05, 0) is 37.3 Å². The Hall–Kier alpha value is -1.22. The summed E-state index contributed by atoms with van der Waals surface area (Å²) in [5.41, 5.74) is 2.18. The largest absolute Gasteiger partial charge is 0.506 e. The van der Waals surface area contributed by atoms with E-state index in [9.17, 15) is 5.11 Å². The van der Waals surface area contributed by atoms with Crippen molar-refractivity contribution in [2.24, 2.45) is 0 Å². The normalized spacial score (nSPS) is 23.6. The van der Waals surface area contributed by atoms with Gasteiger partial charge in [-0.1, -0.05) is 18.6 Å². The summed E-state index contributed by atoms with van der Waals surface area (Å²) in [6.07, 6.45) is 6.24. The van der Waals surface area contributed by atoms with E-state index in [1.807, 2.05) is 6.07 Å². The summed E-state index contributed by atoms with van der Waals surface area (Å²) < 4.78 is 0. The molecule has 0 saturated heterocycles. The van der Waals surface area contributed by atoms with E-state index in [-0.39, 0.29) is 0 Å². The Morgan fingerprint density at radius 1 is 1.29 bits per heavy atom. The maximum Gasteiger partial charge on any atom is 0.138 e. The Labute approximate surface area is 102 Å². The number of aromatic hydroxyl groups is 1. The highest BCUT2D eigenvalue weighted by Gasteiger charge is 2.22. The van der Waals surface area contributed by atoms with Gasteiger partial charge >= 0.3 is 0 Å². The molecule has 1 heterocycles. The third-order valence-electron chi connectivity index (χ3n) is 4.00. The fraction of sp³-hybridized carbons (Fsp3) is 0.571. The molecule has 2 aliphatic rings. The maximum absolute atomic E-state index is 9.83. The summed E-state index contributed by atoms with van der Waals surface area (Å²) >= 11 is 0. The van der Waals surface area contributed by atoms with Crippen molar-refractivity contribution in [2.75, 3.05) is 11.9 Å². The lowest BCUT2D eigenvalue weighted by atomic mass is 9.92. The van der Waals surface area contributed by atoms with E-state index < -0.39 is 0 Å². The quantitative estimate of drug-likeness (QED) is 0.700. The molecule has 3 nitrogen and oxygen atoms in total. The van der Waals surface area contributed by atoms with Gasteiger partial charge in [0.05, 0.1) is 5.69 Å². The van der Waals surface area contributed by atoms with Crippen LogP contribution in [-0.2, 0) is 6.42 Å². The highest BCUT2D eigenvalue weighted by atomic mass is 16.3. The van der Waals surface area contributed by atoms with Crippen LogP contribution in [0.25, 0.3) is 0 Å². The first kappa shape index (κ1) is 10.9. The number of rotatable bonds is 3. The van der Waals surface area contributed by atoms with Crippen LogP contribution in [0, 0.1) is 0 Å². The summed E-state index contributed by atoms with van der Waals surface area (Å²) in [6, 6.07) is 6.97. The van der Waals surface area contributed by atoms with Gasteiger partial charge in [-0.2, -0.15) is 0 Å². The zero-order valence-corrected chi connectivity index (χ0v) is 10.1. The van der Waals surface area contributed by atoms with Crippen LogP contribution in [0.3, 0.4) is 0 Å². The van der Waals surface area contributed by atoms with Crippen molar-refractivity contribution in [2.45, 2.75) is 44.2 Å². The molecule has 1 aromatic carbocycles. The number of benzene rings is 1. The number of hydrogen-bond donors (Lipinski definition) is 3. The van der Waals surface area contributed by atoms with Gasteiger partial charge in [0.25, 0.3) is 0 Å². The third kappa shape index (κ3) is 2.25. The molecule has 3 N–H and O–H groups in total. The molecule has 0 radical (unpaired) electrons. The van der Waals surface area contributed by atoms with Gasteiger partial charge in [0.15, 0.2) is 0 Å². The molecule has 92 valence electrons. The van der Waals surface area contributed by atoms with Crippen LogP contribution >= 0.6 is 0 Å². The van der Waals surface area contributed by atoms with E-state index in [1.54, 1.807) is 6.07 Å². The van der Waals surface area contributed by atoms with Crippen molar-refractivity contribution < 1.29 is 5.11 Å². The lowest BCUT2D eigenvalue weighted by Gasteiger charge is -2.32. The average molecular weight is 232 g/mol. The molecule has 0 bridgehead atoms. The van der Waals surface area contributed by atoms with Crippen LogP contribution in [0.1, 0.15) is 31.2 Å². The second kappa shape index (κ2) is 4.57. The Morgan fingerprint density at radius 3 is 2.94 bits per heavy atom. The first-order valence-corrected chi connectivity index (χ1v) is 6.64. The summed E-state index contributed by atoms with van der Waals surface area (Å²) in [5.74, 6) is 0.385. The van der Waals surface area contributed by atoms with Crippen LogP contribution < -0.4 is 10.6 Å². The number of para-hydroxylation sites is 1. The second-order valence-electron chi connectivity index (χ2n) is 5.23. The molecule has 1 fully saturated rings. The number of anilines is 1. The van der Waals surface area contributed by atoms with E-state index >= 15 is 0 Å². The van der Waals surface area contributed by atoms with E-state index in [4.69, 9.17) is 0 Å². The van der Waals surface area contributed by atoms with E-state index in [0.29, 0.717) is 11.8 Å². The van der Waals surface area contributed by atoms with Gasteiger partial charge in [-0.25, -0.2) is 0 Å². The summed E-state index contributed by atoms with van der Waals surface area (Å²) in [4.78, 5) is 0. The fourth-order valence-corrected chi connectivity index (χ4v) is 2.64. The van der Waals surface area contributed by atoms with Crippen LogP contribution in [0.5, 0.6) is 5.75 Å². The molecule has 1 atom stereocenters. The van der Waals surface area contributed by atoms with Crippen molar-refractivity contribution >= 4 is 5.69 Å². The molecule has 3 heteroatoms. The molecule has 1 aliphatic heterocycles. The van der Waals surface area contributed by atoms with Crippen LogP contribution in [0.15, 0.2) is 18.2 Å². The van der Waals surface area contributed by atoms with Crippen LogP contribution in [0.2, 0.25) is 0 Å². The van der Waals surface area contributed by atoms with Gasteiger partial charge in [-0.3, -0.25) is 0 Å². The fourth-order valence-electron chi connectivity index (χ4n) is 2.64. The Kier molecular flexibility index (Phi) is 2.93. The number of aryl methyl sites for hydroxylation is 1. The summed E-state index contributed by atoms with van der Waals surface area (Å²) in [6.45, 7) is 1.01. The standard InChI is InChI=1S/C14H20N2O/c17-13-6-1-3-10-7-8-12(16-14(10)13)9-15-11-4-2-5-11/h1,3,6,11-12,15-17H,2,4-5,7-9H2. The number of nitrogens with one attached hydrogen (secondary N) is 2. The predicted octanol–water partition coefficient (Wildman–Crippen LogP) is 2.26. The van der Waals surface area contributed by atoms with Crippen molar-refractivity contribution in [1.82, 2.24) is 5.32 Å². The predicted molar refractivity (Wildman–Crippen MR) is 69.5 cm³/mol. The van der Waals surface area contributed by atoms with Crippen LogP contribution in [-0.4, -0.2) is 23.7 Å². The highest BCUT2D eigenvalue weighted by molar-refractivity contribution is 5.63. The highest BCUT2D eigenvalue weighted by Crippen LogP contribution is 2.32. The monoisotopic (exact) mass is 232 g/mol. The van der Waals surface area contributed by atoms with Gasteiger partial charge in [0.2, 0.25) is 0 Å². The Bertz CT molecular complexity index is 401. The molecular weight excluding hydrogens is 212 g/mol. The number of fused-ring (bicyclic) bond motifs is 1. The first-order valence-electron chi connectivity index (χ1n) is 6.64. The molecule has 0 spiro atoms. The van der Waals surface area contributed by atoms with Crippen LogP contribution in [0.4, 0.5) is 5.69 Å². The topological polar surface area (TPSA) is 44.3 Å². The first-order chi connectivity index (χ1) is 8.33. The zero-order chi connectivity index (χ0) is 11.7. The SMILES string of the molecule is Oc1cccc2c1NC(CNC1CCC1)CC2. The molecule has 1 saturated carbocycles. The average Bonchev–Trinajstić information content (AvgIpc) is 2.28. The van der Waals surface area contributed by atoms with Crippen molar-refractivity contribution in [3.8, 4) is 5.75 Å². The number of phenolic OH excluding ortho intramolecular Hbond substituents is 1. The minimum absolute atomic E-state index is 0.385. The lowest BCUT2D eigenvalue weighted by Crippen LogP contribution is -2.43. The summed E-state index contributed by atoms with van der Waals surface area (Å²) in [5, 5.41) is 16.9. The molecule has 3 rings (SSSR count). The smallest absolute Gasteiger partial charge is 0.138 e. The minimum Gasteiger partial charge on any atom is -0.506 e. The van der Waals surface area contributed by atoms with Crippen molar-refractivity contribution in [3.05, 3.63) is 23.8 Å². The number of phenols is 1. The second-order valence-corrected chi connectivity index (χ2v) is 5.23. The van der Waals surface area contributed by atoms with E-state index in [1.165, 1.54) is 24.8 Å². The molecule has 1 unspecified atom stereocenters. The Balaban J connectivity index is 1.61. The molecule has 17 heavy (non-hydrogen) atoms. The van der Waals surface area contributed by atoms with E-state index in [2.05, 4.69) is 16.7 Å². The van der Waals surface area contributed by atoms with Gasteiger partial charge < -0.3 is 15.7 Å².